The zero-order valence-corrected chi connectivity index (χ0v) is 16.2. The summed E-state index contributed by atoms with van der Waals surface area (Å²) in [7, 11) is -3.24. The van der Waals surface area contributed by atoms with Crippen molar-refractivity contribution in [3.8, 4) is 0 Å². The van der Waals surface area contributed by atoms with Crippen LogP contribution in [0.1, 0.15) is 28.9 Å². The van der Waals surface area contributed by atoms with E-state index in [0.29, 0.717) is 36.5 Å². The fourth-order valence-electron chi connectivity index (χ4n) is 3.04. The molecule has 0 atom stereocenters. The molecule has 1 aliphatic heterocycles. The summed E-state index contributed by atoms with van der Waals surface area (Å²) in [4.78, 5) is 26.6. The van der Waals surface area contributed by atoms with Crippen LogP contribution in [0, 0.1) is 5.82 Å². The Morgan fingerprint density at radius 1 is 1.29 bits per heavy atom. The van der Waals surface area contributed by atoms with Crippen molar-refractivity contribution in [3.63, 3.8) is 0 Å². The molecule has 0 radical (unpaired) electrons. The van der Waals surface area contributed by atoms with Crippen LogP contribution in [-0.2, 0) is 27.7 Å². The zero-order valence-electron chi connectivity index (χ0n) is 15.4. The first-order valence-corrected chi connectivity index (χ1v) is 10.9. The lowest BCUT2D eigenvalue weighted by molar-refractivity contribution is -0.131. The third-order valence-corrected chi connectivity index (χ3v) is 5.40. The summed E-state index contributed by atoms with van der Waals surface area (Å²) in [5, 5.41) is 6.85. The van der Waals surface area contributed by atoms with Crippen LogP contribution < -0.4 is 5.32 Å². The molecular formula is C18H21FN4O4S. The molecule has 150 valence electrons. The Balaban J connectivity index is 1.76. The monoisotopic (exact) mass is 408 g/mol. The molecule has 0 saturated heterocycles. The molecular weight excluding hydrogens is 387 g/mol. The van der Waals surface area contributed by atoms with Crippen molar-refractivity contribution >= 4 is 27.3 Å². The minimum Gasteiger partial charge on any atom is -0.337 e. The highest BCUT2D eigenvalue weighted by molar-refractivity contribution is 7.90. The van der Waals surface area contributed by atoms with Gasteiger partial charge in [-0.15, -0.1) is 0 Å². The van der Waals surface area contributed by atoms with Crippen molar-refractivity contribution in [3.05, 3.63) is 47.5 Å². The number of aromatic nitrogens is 2. The Hall–Kier alpha value is -2.75. The predicted octanol–water partition coefficient (Wildman–Crippen LogP) is 1.44. The predicted molar refractivity (Wildman–Crippen MR) is 101 cm³/mol. The van der Waals surface area contributed by atoms with Gasteiger partial charge in [0.15, 0.2) is 0 Å². The Kier molecular flexibility index (Phi) is 5.78. The van der Waals surface area contributed by atoms with E-state index >= 15 is 0 Å². The van der Waals surface area contributed by atoms with E-state index in [-0.39, 0.29) is 24.6 Å². The molecule has 1 aromatic heterocycles. The number of fused-ring (bicyclic) bond motifs is 1. The van der Waals surface area contributed by atoms with Gasteiger partial charge in [-0.3, -0.25) is 14.3 Å². The molecule has 0 bridgehead atoms. The van der Waals surface area contributed by atoms with Gasteiger partial charge in [0.2, 0.25) is 5.91 Å². The van der Waals surface area contributed by atoms with Crippen molar-refractivity contribution in [1.29, 1.82) is 0 Å². The molecule has 3 rings (SSSR count). The Bertz CT molecular complexity index is 1000. The van der Waals surface area contributed by atoms with Crippen LogP contribution in [-0.4, -0.2) is 53.5 Å². The van der Waals surface area contributed by atoms with Gasteiger partial charge in [-0.2, -0.15) is 5.10 Å². The number of nitrogens with zero attached hydrogens (tertiary/aromatic N) is 3. The first-order chi connectivity index (χ1) is 13.2. The molecule has 8 nitrogen and oxygen atoms in total. The van der Waals surface area contributed by atoms with Gasteiger partial charge in [-0.25, -0.2) is 12.8 Å². The second-order valence-electron chi connectivity index (χ2n) is 6.74. The number of rotatable bonds is 5. The van der Waals surface area contributed by atoms with Gasteiger partial charge in [-0.05, 0) is 24.6 Å². The maximum absolute atomic E-state index is 13.3. The van der Waals surface area contributed by atoms with Gasteiger partial charge >= 0.3 is 0 Å². The minimum absolute atomic E-state index is 0.0994. The van der Waals surface area contributed by atoms with Crippen LogP contribution >= 0.6 is 0 Å². The Labute approximate surface area is 162 Å². The van der Waals surface area contributed by atoms with Gasteiger partial charge in [0.1, 0.15) is 15.7 Å². The summed E-state index contributed by atoms with van der Waals surface area (Å²) in [5.41, 5.74) is 1.19. The maximum atomic E-state index is 13.3. The smallest absolute Gasteiger partial charge is 0.259 e. The van der Waals surface area contributed by atoms with Gasteiger partial charge in [0, 0.05) is 31.5 Å². The second-order valence-corrected chi connectivity index (χ2v) is 9.00. The van der Waals surface area contributed by atoms with Crippen LogP contribution in [0.15, 0.2) is 30.5 Å². The third kappa shape index (κ3) is 4.94. The maximum Gasteiger partial charge on any atom is 0.259 e. The molecule has 28 heavy (non-hydrogen) atoms. The highest BCUT2D eigenvalue weighted by atomic mass is 32.2. The lowest BCUT2D eigenvalue weighted by Crippen LogP contribution is -2.32. The molecule has 10 heteroatoms. The highest BCUT2D eigenvalue weighted by Gasteiger charge is 2.25. The summed E-state index contributed by atoms with van der Waals surface area (Å²) in [6.45, 7) is 1.16. The van der Waals surface area contributed by atoms with Crippen molar-refractivity contribution in [2.24, 2.45) is 0 Å². The van der Waals surface area contributed by atoms with Gasteiger partial charge < -0.3 is 10.2 Å². The van der Waals surface area contributed by atoms with Gasteiger partial charge in [0.05, 0.1) is 29.8 Å². The Morgan fingerprint density at radius 3 is 2.79 bits per heavy atom. The number of sulfone groups is 1. The number of amides is 2. The normalized spacial score (nSPS) is 14.3. The molecule has 0 spiro atoms. The van der Waals surface area contributed by atoms with Crippen LogP contribution in [0.2, 0.25) is 0 Å². The topological polar surface area (TPSA) is 101 Å². The number of halogens is 1. The average molecular weight is 408 g/mol. The lowest BCUT2D eigenvalue weighted by Gasteiger charge is -2.20. The van der Waals surface area contributed by atoms with Gasteiger partial charge in [0.25, 0.3) is 5.91 Å². The second kappa shape index (κ2) is 8.09. The van der Waals surface area contributed by atoms with Crippen molar-refractivity contribution in [1.82, 2.24) is 14.7 Å². The average Bonchev–Trinajstić information content (AvgIpc) is 2.89. The third-order valence-electron chi connectivity index (χ3n) is 4.45. The quantitative estimate of drug-likeness (QED) is 0.807. The minimum atomic E-state index is -3.24. The highest BCUT2D eigenvalue weighted by Crippen LogP contribution is 2.19. The van der Waals surface area contributed by atoms with Crippen LogP contribution in [0.3, 0.4) is 0 Å². The fourth-order valence-corrected chi connectivity index (χ4v) is 3.58. The molecule has 0 unspecified atom stereocenters. The summed E-state index contributed by atoms with van der Waals surface area (Å²) < 4.78 is 37.6. The number of hydrogen-bond acceptors (Lipinski definition) is 5. The molecule has 2 amide bonds. The van der Waals surface area contributed by atoms with E-state index in [1.54, 1.807) is 15.6 Å². The molecule has 1 aromatic carbocycles. The summed E-state index contributed by atoms with van der Waals surface area (Å²) in [6.07, 6.45) is 3.06. The van der Waals surface area contributed by atoms with Crippen LogP contribution in [0.5, 0.6) is 0 Å². The summed E-state index contributed by atoms with van der Waals surface area (Å²) in [5.74, 6) is -1.41. The van der Waals surface area contributed by atoms with E-state index in [2.05, 4.69) is 10.4 Å². The number of aryl methyl sites for hydroxylation is 1. The van der Waals surface area contributed by atoms with Gasteiger partial charge in [-0.1, -0.05) is 6.07 Å². The number of benzene rings is 1. The summed E-state index contributed by atoms with van der Waals surface area (Å²) in [6, 6.07) is 5.55. The fraction of sp³-hybridized carbons (Fsp3) is 0.389. The number of anilines is 1. The molecule has 1 aliphatic rings. The molecule has 2 heterocycles. The van der Waals surface area contributed by atoms with E-state index < -0.39 is 21.6 Å². The van der Waals surface area contributed by atoms with Crippen LogP contribution in [0.25, 0.3) is 0 Å². The van der Waals surface area contributed by atoms with E-state index in [4.69, 9.17) is 0 Å². The molecule has 0 aliphatic carbocycles. The van der Waals surface area contributed by atoms with E-state index in [1.807, 2.05) is 0 Å². The van der Waals surface area contributed by atoms with Crippen molar-refractivity contribution < 1.29 is 22.4 Å². The Morgan fingerprint density at radius 2 is 2.07 bits per heavy atom. The molecule has 2 aromatic rings. The van der Waals surface area contributed by atoms with Crippen molar-refractivity contribution in [2.45, 2.75) is 25.9 Å². The van der Waals surface area contributed by atoms with E-state index in [9.17, 15) is 22.4 Å². The molecule has 0 fully saturated rings. The lowest BCUT2D eigenvalue weighted by atomic mass is 10.2. The summed E-state index contributed by atoms with van der Waals surface area (Å²) >= 11 is 0. The molecule has 0 saturated carbocycles. The first-order valence-electron chi connectivity index (χ1n) is 8.80. The standard InChI is InChI=1S/C18H21FN4O4S/c1-28(26,27)9-6-17(24)22-7-3-8-23-16(12-22)15(11-20-23)18(25)21-14-5-2-4-13(19)10-14/h2,4-5,10-11H,3,6-9,12H2,1H3,(H,21,25). The first kappa shape index (κ1) is 20.0. The number of hydrogen-bond donors (Lipinski definition) is 1. The van der Waals surface area contributed by atoms with Crippen LogP contribution in [0.4, 0.5) is 10.1 Å². The largest absolute Gasteiger partial charge is 0.337 e. The number of nitrogens with one attached hydrogen (secondary N) is 1. The number of carbonyl (C=O) groups excluding carboxylic acids is 2. The zero-order chi connectivity index (χ0) is 20.3. The number of carbonyl (C=O) groups is 2. The molecule has 1 N–H and O–H groups in total. The van der Waals surface area contributed by atoms with Crippen molar-refractivity contribution in [2.75, 3.05) is 23.9 Å². The van der Waals surface area contributed by atoms with E-state index in [0.717, 1.165) is 6.26 Å². The SMILES string of the molecule is CS(=O)(=O)CCC(=O)N1CCCn2ncc(C(=O)Nc3cccc(F)c3)c2C1. The van der Waals surface area contributed by atoms with E-state index in [1.165, 1.54) is 24.4 Å².